The van der Waals surface area contributed by atoms with Gasteiger partial charge in [-0.15, -0.1) is 0 Å². The van der Waals surface area contributed by atoms with E-state index in [-0.39, 0.29) is 0 Å². The Morgan fingerprint density at radius 2 is 1.00 bits per heavy atom. The van der Waals surface area contributed by atoms with Gasteiger partial charge < -0.3 is 0 Å². The normalized spacial score (nSPS) is 10.9. The molecule has 0 aliphatic heterocycles. The van der Waals surface area contributed by atoms with Crippen LogP contribution >= 0.6 is 34.1 Å². The van der Waals surface area contributed by atoms with Crippen LogP contribution in [0.1, 0.15) is 71.1 Å². The molecule has 0 unspecified atom stereocenters. The van der Waals surface area contributed by atoms with Crippen LogP contribution in [0.15, 0.2) is 0 Å². The molecule has 0 aliphatic rings. The molecular formula is C12H25Cl4Zr. The van der Waals surface area contributed by atoms with Gasteiger partial charge in [0.1, 0.15) is 0 Å². The van der Waals surface area contributed by atoms with E-state index in [0.29, 0.717) is 0 Å². The van der Waals surface area contributed by atoms with E-state index in [0.717, 1.165) is 6.42 Å². The fraction of sp³-hybridized carbons (Fsp3) is 0.917. The molecular weight excluding hydrogens is 377 g/mol. The third-order valence-corrected chi connectivity index (χ3v) is 2.35. The molecule has 0 aromatic rings. The molecule has 0 aromatic heterocycles. The first-order valence-corrected chi connectivity index (χ1v) is 19.1. The van der Waals surface area contributed by atoms with Gasteiger partial charge in [-0.2, -0.15) is 0 Å². The second-order valence-corrected chi connectivity index (χ2v) is 26.5. The van der Waals surface area contributed by atoms with Crippen molar-refractivity contribution in [2.45, 2.75) is 71.1 Å². The van der Waals surface area contributed by atoms with Crippen LogP contribution in [0, 0.1) is 6.92 Å². The summed E-state index contributed by atoms with van der Waals surface area (Å²) in [7, 11) is 20.1. The molecule has 0 saturated carbocycles. The first kappa shape index (κ1) is 21.3. The number of hydrogen-bond donors (Lipinski definition) is 0. The summed E-state index contributed by atoms with van der Waals surface area (Å²) in [5, 5.41) is 0. The van der Waals surface area contributed by atoms with E-state index in [1.165, 1.54) is 57.8 Å². The van der Waals surface area contributed by atoms with Gasteiger partial charge in [-0.05, 0) is 0 Å². The molecule has 0 nitrogen and oxygen atoms in total. The van der Waals surface area contributed by atoms with E-state index in [1.807, 2.05) is 0 Å². The molecule has 0 saturated heterocycles. The van der Waals surface area contributed by atoms with E-state index in [2.05, 4.69) is 13.8 Å². The van der Waals surface area contributed by atoms with Crippen LogP contribution in [-0.4, -0.2) is 0 Å². The van der Waals surface area contributed by atoms with Crippen LogP contribution in [-0.2, 0) is 15.5 Å². The number of hydrogen-bond acceptors (Lipinski definition) is 0. The molecule has 0 bridgehead atoms. The molecule has 1 radical (unpaired) electrons. The maximum absolute atomic E-state index is 5.04. The Balaban J connectivity index is 0. The van der Waals surface area contributed by atoms with Crippen molar-refractivity contribution in [1.29, 1.82) is 0 Å². The van der Waals surface area contributed by atoms with E-state index >= 15 is 0 Å². The van der Waals surface area contributed by atoms with E-state index in [4.69, 9.17) is 34.1 Å². The third kappa shape index (κ3) is 38.1. The van der Waals surface area contributed by atoms with Gasteiger partial charge in [0.15, 0.2) is 0 Å². The molecule has 0 heterocycles. The van der Waals surface area contributed by atoms with Gasteiger partial charge in [-0.3, -0.25) is 0 Å². The zero-order valence-electron chi connectivity index (χ0n) is 10.8. The molecule has 0 N–H and O–H groups in total. The summed E-state index contributed by atoms with van der Waals surface area (Å²) < 4.78 is 0. The van der Waals surface area contributed by atoms with E-state index in [9.17, 15) is 0 Å². The fourth-order valence-electron chi connectivity index (χ4n) is 1.49. The Morgan fingerprint density at radius 3 is 1.29 bits per heavy atom. The summed E-state index contributed by atoms with van der Waals surface area (Å²) >= 11 is -3.29. The Bertz CT molecular complexity index is 121. The van der Waals surface area contributed by atoms with Gasteiger partial charge >= 0.3 is 49.5 Å². The standard InChI is InChI=1S/C12H25.4ClH.Zr/c1-3-5-7-9-11-12-10-8-6-4-2;;;;;/h1,3-12H2,2H3;4*1H;/q;;;;;+4/p-4. The number of rotatable bonds is 9. The predicted octanol–water partition coefficient (Wildman–Crippen LogP) is 7.50. The summed E-state index contributed by atoms with van der Waals surface area (Å²) in [6.07, 6.45) is 13.9. The van der Waals surface area contributed by atoms with Crippen LogP contribution in [0.3, 0.4) is 0 Å². The van der Waals surface area contributed by atoms with Crippen LogP contribution in [0.4, 0.5) is 0 Å². The van der Waals surface area contributed by atoms with Crippen molar-refractivity contribution < 1.29 is 15.5 Å². The quantitative estimate of drug-likeness (QED) is 0.350. The van der Waals surface area contributed by atoms with Crippen molar-refractivity contribution in [2.75, 3.05) is 0 Å². The number of unbranched alkanes of at least 4 members (excludes halogenated alkanes) is 9. The zero-order valence-corrected chi connectivity index (χ0v) is 16.3. The van der Waals surface area contributed by atoms with Crippen molar-refractivity contribution in [2.24, 2.45) is 0 Å². The van der Waals surface area contributed by atoms with E-state index < -0.39 is 15.5 Å². The minimum atomic E-state index is -3.29. The van der Waals surface area contributed by atoms with Crippen LogP contribution in [0.5, 0.6) is 0 Å². The maximum atomic E-state index is 5.04. The van der Waals surface area contributed by atoms with Gasteiger partial charge in [0.05, 0.1) is 0 Å². The predicted molar refractivity (Wildman–Crippen MR) is 80.6 cm³/mol. The Labute approximate surface area is 126 Å². The molecule has 5 heteroatoms. The van der Waals surface area contributed by atoms with Crippen molar-refractivity contribution in [1.82, 2.24) is 0 Å². The number of halogens is 4. The van der Waals surface area contributed by atoms with Gasteiger partial charge in [0.25, 0.3) is 0 Å². The molecule has 0 amide bonds. The SMILES string of the molecule is [CH2]CCCCCCCCCCC.[Cl][Zr]([Cl])([Cl])[Cl]. The third-order valence-electron chi connectivity index (χ3n) is 2.35. The second-order valence-electron chi connectivity index (χ2n) is 4.11. The topological polar surface area (TPSA) is 0 Å². The van der Waals surface area contributed by atoms with Crippen molar-refractivity contribution in [3.8, 4) is 0 Å². The fourth-order valence-corrected chi connectivity index (χ4v) is 1.49. The van der Waals surface area contributed by atoms with Crippen LogP contribution in [0.2, 0.25) is 0 Å². The Kier molecular flexibility index (Phi) is 20.2. The summed E-state index contributed by atoms with van der Waals surface area (Å²) in [6.45, 7) is 6.12. The van der Waals surface area contributed by atoms with Gasteiger partial charge in [-0.1, -0.05) is 78.1 Å². The molecule has 105 valence electrons. The van der Waals surface area contributed by atoms with Crippen molar-refractivity contribution in [3.05, 3.63) is 6.92 Å². The molecule has 0 aliphatic carbocycles. The first-order chi connectivity index (χ1) is 7.91. The van der Waals surface area contributed by atoms with Crippen LogP contribution < -0.4 is 0 Å². The second kappa shape index (κ2) is 16.1. The van der Waals surface area contributed by atoms with Crippen LogP contribution in [0.25, 0.3) is 0 Å². The molecule has 0 aromatic carbocycles. The monoisotopic (exact) mass is 399 g/mol. The Morgan fingerprint density at radius 1 is 0.706 bits per heavy atom. The molecule has 0 atom stereocenters. The molecule has 17 heavy (non-hydrogen) atoms. The van der Waals surface area contributed by atoms with Gasteiger partial charge in [0.2, 0.25) is 0 Å². The Hall–Kier alpha value is 2.04. The molecule has 0 rings (SSSR count). The van der Waals surface area contributed by atoms with Crippen molar-refractivity contribution in [3.63, 3.8) is 0 Å². The average Bonchev–Trinajstić information content (AvgIpc) is 2.20. The zero-order chi connectivity index (χ0) is 13.6. The van der Waals surface area contributed by atoms with Crippen molar-refractivity contribution >= 4 is 34.1 Å². The summed E-state index contributed by atoms with van der Waals surface area (Å²) in [4.78, 5) is 0. The minimum absolute atomic E-state index is 1.12. The summed E-state index contributed by atoms with van der Waals surface area (Å²) in [5.41, 5.74) is 0. The van der Waals surface area contributed by atoms with E-state index in [1.54, 1.807) is 0 Å². The average molecular weight is 402 g/mol. The summed E-state index contributed by atoms with van der Waals surface area (Å²) in [5.74, 6) is 0. The first-order valence-electron chi connectivity index (χ1n) is 6.46. The summed E-state index contributed by atoms with van der Waals surface area (Å²) in [6, 6.07) is 0. The van der Waals surface area contributed by atoms with Gasteiger partial charge in [0, 0.05) is 0 Å². The molecule has 0 fully saturated rings. The van der Waals surface area contributed by atoms with Gasteiger partial charge in [-0.25, -0.2) is 0 Å². The molecule has 0 spiro atoms.